The fourth-order valence-corrected chi connectivity index (χ4v) is 3.19. The number of carbonyl (C=O) groups is 1. The molecule has 1 heterocycles. The van der Waals surface area contributed by atoms with E-state index in [0.29, 0.717) is 24.2 Å². The average molecular weight is 424 g/mol. The lowest BCUT2D eigenvalue weighted by molar-refractivity contribution is -0.141. The van der Waals surface area contributed by atoms with Crippen molar-refractivity contribution in [2.24, 2.45) is 0 Å². The van der Waals surface area contributed by atoms with Crippen molar-refractivity contribution in [2.75, 3.05) is 6.61 Å². The Morgan fingerprint density at radius 1 is 1.00 bits per heavy atom. The summed E-state index contributed by atoms with van der Waals surface area (Å²) in [7, 11) is 0. The minimum absolute atomic E-state index is 0.129. The maximum atomic E-state index is 13.3. The number of hydrogen-bond acceptors (Lipinski definition) is 5. The van der Waals surface area contributed by atoms with Crippen LogP contribution in [0.5, 0.6) is 0 Å². The van der Waals surface area contributed by atoms with Crippen molar-refractivity contribution >= 4 is 12.0 Å². The number of rotatable bonds is 8. The molecule has 3 rings (SSSR count). The van der Waals surface area contributed by atoms with Crippen LogP contribution < -0.4 is 0 Å². The van der Waals surface area contributed by atoms with Crippen LogP contribution in [0.25, 0.3) is 6.08 Å². The minimum atomic E-state index is -0.836. The zero-order chi connectivity index (χ0) is 22.2. The molecule has 0 spiro atoms. The van der Waals surface area contributed by atoms with Gasteiger partial charge in [-0.2, -0.15) is 0 Å². The van der Waals surface area contributed by atoms with Gasteiger partial charge in [0.1, 0.15) is 18.0 Å². The van der Waals surface area contributed by atoms with Gasteiger partial charge in [0.25, 0.3) is 0 Å². The maximum absolute atomic E-state index is 13.3. The van der Waals surface area contributed by atoms with E-state index in [9.17, 15) is 18.7 Å². The third kappa shape index (κ3) is 6.44. The molecule has 5 nitrogen and oxygen atoms in total. The highest BCUT2D eigenvalue weighted by molar-refractivity contribution is 5.90. The smallest absolute Gasteiger partial charge is 0.373 e. The van der Waals surface area contributed by atoms with Crippen LogP contribution in [-0.2, 0) is 22.4 Å². The molecule has 0 bridgehead atoms. The number of esters is 1. The fraction of sp³-hybridized carbons (Fsp3) is 0.208. The largest absolute Gasteiger partial charge is 0.502 e. The van der Waals surface area contributed by atoms with Gasteiger partial charge < -0.3 is 9.84 Å². The van der Waals surface area contributed by atoms with Gasteiger partial charge in [-0.25, -0.2) is 23.5 Å². The number of nitrogens with zero attached hydrogens (tertiary/aromatic N) is 2. The summed E-state index contributed by atoms with van der Waals surface area (Å²) in [4.78, 5) is 20.1. The second kappa shape index (κ2) is 10.4. The first-order chi connectivity index (χ1) is 14.9. The van der Waals surface area contributed by atoms with Crippen LogP contribution in [0.3, 0.4) is 0 Å². The van der Waals surface area contributed by atoms with Gasteiger partial charge in [0, 0.05) is 17.7 Å². The summed E-state index contributed by atoms with van der Waals surface area (Å²) >= 11 is 0. The number of halogens is 2. The summed E-state index contributed by atoms with van der Waals surface area (Å²) < 4.78 is 31.4. The molecule has 1 aromatic heterocycles. The number of aliphatic hydroxyl groups excluding tert-OH is 1. The second-order valence-electron chi connectivity index (χ2n) is 6.98. The molecule has 1 N–H and O–H groups in total. The lowest BCUT2D eigenvalue weighted by atomic mass is 9.89. The van der Waals surface area contributed by atoms with Gasteiger partial charge in [0.15, 0.2) is 0 Å². The highest BCUT2D eigenvalue weighted by atomic mass is 19.1. The number of aliphatic hydroxyl groups is 1. The summed E-state index contributed by atoms with van der Waals surface area (Å²) in [5, 5.41) is 9.91. The lowest BCUT2D eigenvalue weighted by Crippen LogP contribution is -2.10. The van der Waals surface area contributed by atoms with Crippen LogP contribution in [-0.4, -0.2) is 27.7 Å². The van der Waals surface area contributed by atoms with E-state index in [1.165, 1.54) is 36.7 Å². The van der Waals surface area contributed by atoms with E-state index in [1.807, 2.05) is 0 Å². The Morgan fingerprint density at radius 2 is 1.55 bits per heavy atom. The molecule has 0 aliphatic rings. The molecule has 0 saturated heterocycles. The Labute approximate surface area is 179 Å². The number of hydrogen-bond donors (Lipinski definition) is 1. The quantitative estimate of drug-likeness (QED) is 0.320. The predicted molar refractivity (Wildman–Crippen MR) is 112 cm³/mol. The summed E-state index contributed by atoms with van der Waals surface area (Å²) in [5.41, 5.74) is 2.85. The van der Waals surface area contributed by atoms with Crippen molar-refractivity contribution in [3.8, 4) is 0 Å². The highest BCUT2D eigenvalue weighted by Gasteiger charge is 2.17. The first-order valence-electron chi connectivity index (χ1n) is 9.83. The number of ether oxygens (including phenoxy) is 1. The third-order valence-electron chi connectivity index (χ3n) is 4.69. The topological polar surface area (TPSA) is 72.3 Å². The van der Waals surface area contributed by atoms with Gasteiger partial charge in [0.2, 0.25) is 5.76 Å². The molecule has 31 heavy (non-hydrogen) atoms. The van der Waals surface area contributed by atoms with Crippen LogP contribution in [0.2, 0.25) is 0 Å². The molecule has 0 aliphatic heterocycles. The molecular weight excluding hydrogens is 402 g/mol. The molecule has 0 atom stereocenters. The van der Waals surface area contributed by atoms with E-state index < -0.39 is 11.7 Å². The molecule has 3 aromatic rings. The summed E-state index contributed by atoms with van der Waals surface area (Å²) in [6.45, 7) is 1.78. The minimum Gasteiger partial charge on any atom is -0.502 e. The van der Waals surface area contributed by atoms with Gasteiger partial charge >= 0.3 is 5.97 Å². The van der Waals surface area contributed by atoms with Crippen molar-refractivity contribution in [3.63, 3.8) is 0 Å². The van der Waals surface area contributed by atoms with Crippen LogP contribution in [0.15, 0.2) is 66.7 Å². The Bertz CT molecular complexity index is 1000. The number of aromatic nitrogens is 2. The third-order valence-corrected chi connectivity index (χ3v) is 4.69. The molecule has 0 saturated carbocycles. The van der Waals surface area contributed by atoms with Crippen LogP contribution in [0.4, 0.5) is 8.78 Å². The molecule has 0 radical (unpaired) electrons. The van der Waals surface area contributed by atoms with E-state index in [4.69, 9.17) is 4.74 Å². The number of carbonyl (C=O) groups excluding carboxylic acids is 1. The van der Waals surface area contributed by atoms with E-state index in [1.54, 1.807) is 37.3 Å². The van der Waals surface area contributed by atoms with E-state index in [-0.39, 0.29) is 24.2 Å². The van der Waals surface area contributed by atoms with Gasteiger partial charge in [-0.05, 0) is 61.2 Å². The normalized spacial score (nSPS) is 11.5. The molecule has 0 amide bonds. The molecule has 0 fully saturated rings. The highest BCUT2D eigenvalue weighted by Crippen LogP contribution is 2.25. The maximum Gasteiger partial charge on any atom is 0.373 e. The molecule has 2 aromatic carbocycles. The summed E-state index contributed by atoms with van der Waals surface area (Å²) in [6.07, 6.45) is 3.68. The van der Waals surface area contributed by atoms with E-state index in [2.05, 4.69) is 9.97 Å². The standard InChI is InChI=1S/C24H22F2N2O3/c1-2-31-24(30)23(29)14-21-13-22(28-15-27-21)18(11-16-3-7-19(25)8-4-16)12-17-5-9-20(26)10-6-17/h3-10,13-15,18,29H,2,11-12H2,1H3/b23-14-. The van der Waals surface area contributed by atoms with E-state index >= 15 is 0 Å². The molecule has 7 heteroatoms. The van der Waals surface area contributed by atoms with Gasteiger partial charge in [0.05, 0.1) is 12.3 Å². The van der Waals surface area contributed by atoms with Gasteiger partial charge in [-0.15, -0.1) is 0 Å². The Hall–Kier alpha value is -3.61. The van der Waals surface area contributed by atoms with Crippen LogP contribution in [0.1, 0.15) is 35.4 Å². The first-order valence-corrected chi connectivity index (χ1v) is 9.83. The van der Waals surface area contributed by atoms with Crippen molar-refractivity contribution in [2.45, 2.75) is 25.7 Å². The van der Waals surface area contributed by atoms with Gasteiger partial charge in [-0.1, -0.05) is 24.3 Å². The fourth-order valence-electron chi connectivity index (χ4n) is 3.19. The zero-order valence-electron chi connectivity index (χ0n) is 17.0. The van der Waals surface area contributed by atoms with Crippen LogP contribution in [0, 0.1) is 11.6 Å². The Balaban J connectivity index is 1.90. The van der Waals surface area contributed by atoms with Crippen molar-refractivity contribution in [3.05, 3.63) is 101 Å². The Kier molecular flexibility index (Phi) is 7.43. The first kappa shape index (κ1) is 22.1. The SMILES string of the molecule is CCOC(=O)/C(O)=C/c1cc(C(Cc2ccc(F)cc2)Cc2ccc(F)cc2)ncn1. The zero-order valence-corrected chi connectivity index (χ0v) is 17.0. The summed E-state index contributed by atoms with van der Waals surface area (Å²) in [6, 6.07) is 14.1. The van der Waals surface area contributed by atoms with Crippen molar-refractivity contribution < 1.29 is 23.4 Å². The van der Waals surface area contributed by atoms with Crippen molar-refractivity contribution in [1.82, 2.24) is 9.97 Å². The predicted octanol–water partition coefficient (Wildman–Crippen LogP) is 4.79. The van der Waals surface area contributed by atoms with Crippen molar-refractivity contribution in [1.29, 1.82) is 0 Å². The monoisotopic (exact) mass is 424 g/mol. The number of benzene rings is 2. The lowest BCUT2D eigenvalue weighted by Gasteiger charge is -2.17. The summed E-state index contributed by atoms with van der Waals surface area (Å²) in [5.74, 6) is -2.15. The molecule has 160 valence electrons. The average Bonchev–Trinajstić information content (AvgIpc) is 2.76. The second-order valence-corrected chi connectivity index (χ2v) is 6.98. The molecule has 0 unspecified atom stereocenters. The van der Waals surface area contributed by atoms with Gasteiger partial charge in [-0.3, -0.25) is 0 Å². The molecule has 0 aliphatic carbocycles. The molecular formula is C24H22F2N2O3. The van der Waals surface area contributed by atoms with E-state index in [0.717, 1.165) is 11.1 Å². The van der Waals surface area contributed by atoms with Crippen LogP contribution >= 0.6 is 0 Å². The Morgan fingerprint density at radius 3 is 2.06 bits per heavy atom.